The molecule has 0 fully saturated rings. The van der Waals surface area contributed by atoms with Crippen LogP contribution in [-0.2, 0) is 0 Å². The molecule has 0 aliphatic heterocycles. The Hall–Kier alpha value is -1.85. The van der Waals surface area contributed by atoms with Crippen LogP contribution < -0.4 is 4.74 Å². The first-order valence-corrected chi connectivity index (χ1v) is 7.28. The molecular weight excluding hydrogens is 356 g/mol. The Bertz CT molecular complexity index is 772. The van der Waals surface area contributed by atoms with Gasteiger partial charge < -0.3 is 9.26 Å². The Morgan fingerprint density at radius 2 is 1.90 bits per heavy atom. The zero-order chi connectivity index (χ0) is 14.8. The highest BCUT2D eigenvalue weighted by atomic mass is 79.9. The molecule has 0 N–H and O–H groups in total. The predicted molar refractivity (Wildman–Crippen MR) is 84.4 cm³/mol. The van der Waals surface area contributed by atoms with Crippen LogP contribution in [0.2, 0.25) is 5.02 Å². The molecule has 21 heavy (non-hydrogen) atoms. The highest BCUT2D eigenvalue weighted by molar-refractivity contribution is 9.10. The first kappa shape index (κ1) is 14.1. The smallest absolute Gasteiger partial charge is 0.258 e. The van der Waals surface area contributed by atoms with Gasteiger partial charge in [0, 0.05) is 15.1 Å². The second-order valence-corrected chi connectivity index (χ2v) is 5.63. The molecule has 3 aromatic rings. The van der Waals surface area contributed by atoms with E-state index in [0.29, 0.717) is 28.1 Å². The van der Waals surface area contributed by atoms with Gasteiger partial charge in [-0.05, 0) is 42.5 Å². The summed E-state index contributed by atoms with van der Waals surface area (Å²) in [6, 6.07) is 12.9. The van der Waals surface area contributed by atoms with Gasteiger partial charge in [-0.3, -0.25) is 0 Å². The predicted octanol–water partition coefficient (Wildman–Crippen LogP) is 4.83. The molecule has 2 aromatic carbocycles. The molecule has 0 saturated carbocycles. The highest BCUT2D eigenvalue weighted by Gasteiger charge is 2.15. The summed E-state index contributed by atoms with van der Waals surface area (Å²) in [4.78, 5) is 4.40. The summed E-state index contributed by atoms with van der Waals surface area (Å²) in [5, 5.41) is 4.58. The van der Waals surface area contributed by atoms with E-state index in [1.54, 1.807) is 25.3 Å². The number of hydrogen-bond acceptors (Lipinski definition) is 4. The van der Waals surface area contributed by atoms with E-state index in [-0.39, 0.29) is 0 Å². The number of halogens is 2. The van der Waals surface area contributed by atoms with Gasteiger partial charge in [0.25, 0.3) is 5.89 Å². The second-order valence-electron chi connectivity index (χ2n) is 4.27. The minimum absolute atomic E-state index is 0.437. The van der Waals surface area contributed by atoms with E-state index >= 15 is 0 Å². The van der Waals surface area contributed by atoms with Crippen LogP contribution in [0.25, 0.3) is 22.8 Å². The fourth-order valence-corrected chi connectivity index (χ4v) is 2.33. The summed E-state index contributed by atoms with van der Waals surface area (Å²) in [7, 11) is 1.59. The van der Waals surface area contributed by atoms with Crippen molar-refractivity contribution in [1.29, 1.82) is 0 Å². The number of hydrogen-bond donors (Lipinski definition) is 0. The molecule has 0 unspecified atom stereocenters. The number of methoxy groups -OCH3 is 1. The van der Waals surface area contributed by atoms with Gasteiger partial charge in [0.1, 0.15) is 5.75 Å². The number of benzene rings is 2. The van der Waals surface area contributed by atoms with Crippen molar-refractivity contribution in [3.05, 3.63) is 52.0 Å². The van der Waals surface area contributed by atoms with Crippen molar-refractivity contribution in [1.82, 2.24) is 10.1 Å². The normalized spacial score (nSPS) is 10.6. The molecule has 0 spiro atoms. The fraction of sp³-hybridized carbons (Fsp3) is 0.0667. The largest absolute Gasteiger partial charge is 0.496 e. The zero-order valence-corrected chi connectivity index (χ0v) is 13.4. The molecule has 0 radical (unpaired) electrons. The highest BCUT2D eigenvalue weighted by Crippen LogP contribution is 2.32. The summed E-state index contributed by atoms with van der Waals surface area (Å²) in [6.45, 7) is 0. The van der Waals surface area contributed by atoms with Crippen LogP contribution in [0.5, 0.6) is 5.75 Å². The maximum atomic E-state index is 6.02. The minimum atomic E-state index is 0.437. The molecule has 3 rings (SSSR count). The monoisotopic (exact) mass is 364 g/mol. The summed E-state index contributed by atoms with van der Waals surface area (Å²) in [5.41, 5.74) is 1.54. The van der Waals surface area contributed by atoms with Crippen molar-refractivity contribution in [3.63, 3.8) is 0 Å². The standard InChI is InChI=1S/C15H10BrClN2O2/c1-20-13-7-6-11(17)8-12(13)14-18-15(21-19-14)9-2-4-10(16)5-3-9/h2-8H,1H3. The van der Waals surface area contributed by atoms with Crippen LogP contribution in [0.15, 0.2) is 51.5 Å². The average molecular weight is 366 g/mol. The van der Waals surface area contributed by atoms with E-state index < -0.39 is 0 Å². The maximum absolute atomic E-state index is 6.02. The van der Waals surface area contributed by atoms with Crippen molar-refractivity contribution in [2.24, 2.45) is 0 Å². The van der Waals surface area contributed by atoms with Gasteiger partial charge in [0.2, 0.25) is 5.82 Å². The third-order valence-electron chi connectivity index (χ3n) is 2.92. The Balaban J connectivity index is 2.02. The lowest BCUT2D eigenvalue weighted by Crippen LogP contribution is -1.89. The van der Waals surface area contributed by atoms with Gasteiger partial charge in [-0.15, -0.1) is 0 Å². The van der Waals surface area contributed by atoms with Crippen LogP contribution in [0, 0.1) is 0 Å². The number of ether oxygens (including phenoxy) is 1. The first-order chi connectivity index (χ1) is 10.2. The Labute approximate surface area is 134 Å². The third-order valence-corrected chi connectivity index (χ3v) is 3.68. The summed E-state index contributed by atoms with van der Waals surface area (Å²) >= 11 is 9.41. The van der Waals surface area contributed by atoms with Gasteiger partial charge in [-0.2, -0.15) is 4.98 Å². The molecule has 0 bridgehead atoms. The molecule has 4 nitrogen and oxygen atoms in total. The molecule has 0 atom stereocenters. The first-order valence-electron chi connectivity index (χ1n) is 6.11. The summed E-state index contributed by atoms with van der Waals surface area (Å²) in [5.74, 6) is 1.52. The number of aromatic nitrogens is 2. The summed E-state index contributed by atoms with van der Waals surface area (Å²) in [6.07, 6.45) is 0. The van der Waals surface area contributed by atoms with E-state index in [1.165, 1.54) is 0 Å². The van der Waals surface area contributed by atoms with Crippen LogP contribution in [0.1, 0.15) is 0 Å². The SMILES string of the molecule is COc1ccc(Cl)cc1-c1noc(-c2ccc(Br)cc2)n1. The molecule has 6 heteroatoms. The van der Waals surface area contributed by atoms with Crippen LogP contribution in [-0.4, -0.2) is 17.3 Å². The lowest BCUT2D eigenvalue weighted by atomic mass is 10.2. The van der Waals surface area contributed by atoms with Gasteiger partial charge in [0.15, 0.2) is 0 Å². The van der Waals surface area contributed by atoms with Crippen molar-refractivity contribution >= 4 is 27.5 Å². The third kappa shape index (κ3) is 2.94. The van der Waals surface area contributed by atoms with E-state index in [2.05, 4.69) is 26.1 Å². The van der Waals surface area contributed by atoms with Crippen molar-refractivity contribution in [2.45, 2.75) is 0 Å². The molecule has 0 amide bonds. The molecule has 0 aliphatic rings. The summed E-state index contributed by atoms with van der Waals surface area (Å²) < 4.78 is 11.6. The van der Waals surface area contributed by atoms with E-state index in [4.69, 9.17) is 20.9 Å². The van der Waals surface area contributed by atoms with Crippen LogP contribution >= 0.6 is 27.5 Å². The quantitative estimate of drug-likeness (QED) is 0.667. The topological polar surface area (TPSA) is 48.2 Å². The van der Waals surface area contributed by atoms with Gasteiger partial charge in [0.05, 0.1) is 12.7 Å². The molecule has 0 saturated heterocycles. The lowest BCUT2D eigenvalue weighted by Gasteiger charge is -2.04. The zero-order valence-electron chi connectivity index (χ0n) is 11.0. The Morgan fingerprint density at radius 3 is 2.62 bits per heavy atom. The Kier molecular flexibility index (Phi) is 3.94. The molecule has 1 heterocycles. The second kappa shape index (κ2) is 5.87. The molecule has 0 aliphatic carbocycles. The van der Waals surface area contributed by atoms with E-state index in [9.17, 15) is 0 Å². The van der Waals surface area contributed by atoms with Crippen molar-refractivity contribution in [2.75, 3.05) is 7.11 Å². The van der Waals surface area contributed by atoms with Crippen LogP contribution in [0.4, 0.5) is 0 Å². The molecular formula is C15H10BrClN2O2. The van der Waals surface area contributed by atoms with Gasteiger partial charge in [-0.1, -0.05) is 32.7 Å². The van der Waals surface area contributed by atoms with Gasteiger partial charge >= 0.3 is 0 Å². The van der Waals surface area contributed by atoms with E-state index in [1.807, 2.05) is 24.3 Å². The average Bonchev–Trinajstić information content (AvgIpc) is 2.97. The lowest BCUT2D eigenvalue weighted by molar-refractivity contribution is 0.413. The fourth-order valence-electron chi connectivity index (χ4n) is 1.90. The molecule has 1 aromatic heterocycles. The van der Waals surface area contributed by atoms with E-state index in [0.717, 1.165) is 10.0 Å². The minimum Gasteiger partial charge on any atom is -0.496 e. The Morgan fingerprint density at radius 1 is 1.14 bits per heavy atom. The maximum Gasteiger partial charge on any atom is 0.258 e. The van der Waals surface area contributed by atoms with Gasteiger partial charge in [-0.25, -0.2) is 0 Å². The molecule has 106 valence electrons. The van der Waals surface area contributed by atoms with Crippen molar-refractivity contribution < 1.29 is 9.26 Å². The number of nitrogens with zero attached hydrogens (tertiary/aromatic N) is 2. The van der Waals surface area contributed by atoms with Crippen LogP contribution in [0.3, 0.4) is 0 Å². The number of rotatable bonds is 3. The van der Waals surface area contributed by atoms with Crippen molar-refractivity contribution in [3.8, 4) is 28.6 Å².